The van der Waals surface area contributed by atoms with Gasteiger partial charge >= 0.3 is 0 Å². The first-order valence-electron chi connectivity index (χ1n) is 5.56. The van der Waals surface area contributed by atoms with Crippen molar-refractivity contribution in [2.24, 2.45) is 11.1 Å². The maximum atomic E-state index is 6.04. The third kappa shape index (κ3) is 1.66. The molecular weight excluding hydrogens is 146 g/mol. The van der Waals surface area contributed by atoms with E-state index in [2.05, 4.69) is 0 Å². The highest BCUT2D eigenvalue weighted by atomic mass is 14.7. The summed E-state index contributed by atoms with van der Waals surface area (Å²) in [4.78, 5) is 0. The average Bonchev–Trinajstić information content (AvgIpc) is 2.05. The highest BCUT2D eigenvalue weighted by molar-refractivity contribution is 4.89. The van der Waals surface area contributed by atoms with Crippen LogP contribution >= 0.6 is 0 Å². The number of hydrogen-bond donors (Lipinski definition) is 1. The summed E-state index contributed by atoms with van der Waals surface area (Å²) in [5.74, 6) is 0. The number of nitrogens with two attached hydrogens (primary N) is 1. The molecule has 0 heterocycles. The molecule has 2 N–H and O–H groups in total. The van der Waals surface area contributed by atoms with Crippen molar-refractivity contribution in [1.82, 2.24) is 0 Å². The second-order valence-corrected chi connectivity index (χ2v) is 4.92. The third-order valence-electron chi connectivity index (χ3n) is 3.89. The second kappa shape index (κ2) is 3.37. The maximum Gasteiger partial charge on any atom is 0.00441 e. The Morgan fingerprint density at radius 2 is 1.58 bits per heavy atom. The highest BCUT2D eigenvalue weighted by Gasteiger charge is 2.35. The summed E-state index contributed by atoms with van der Waals surface area (Å²) in [5, 5.41) is 0. The van der Waals surface area contributed by atoms with E-state index >= 15 is 0 Å². The molecule has 70 valence electrons. The Labute approximate surface area is 75.7 Å². The Bertz CT molecular complexity index is 142. The summed E-state index contributed by atoms with van der Waals surface area (Å²) in [7, 11) is 0. The largest absolute Gasteiger partial charge is 0.328 e. The standard InChI is InChI=1S/C11H21N/c12-10-5-4-8-11(9-10)6-2-1-3-7-11/h10H,1-9,12H2. The average molecular weight is 167 g/mol. The van der Waals surface area contributed by atoms with Gasteiger partial charge in [-0.2, -0.15) is 0 Å². The van der Waals surface area contributed by atoms with Crippen LogP contribution in [0.1, 0.15) is 57.8 Å². The smallest absolute Gasteiger partial charge is 0.00441 e. The van der Waals surface area contributed by atoms with Crippen molar-refractivity contribution in [3.05, 3.63) is 0 Å². The highest BCUT2D eigenvalue weighted by Crippen LogP contribution is 2.46. The van der Waals surface area contributed by atoms with Crippen LogP contribution in [0.25, 0.3) is 0 Å². The van der Waals surface area contributed by atoms with Crippen molar-refractivity contribution >= 4 is 0 Å². The van der Waals surface area contributed by atoms with E-state index in [0.717, 1.165) is 0 Å². The van der Waals surface area contributed by atoms with E-state index in [-0.39, 0.29) is 0 Å². The van der Waals surface area contributed by atoms with Gasteiger partial charge in [-0.1, -0.05) is 25.7 Å². The van der Waals surface area contributed by atoms with Gasteiger partial charge in [0, 0.05) is 6.04 Å². The molecule has 1 nitrogen and oxygen atoms in total. The lowest BCUT2D eigenvalue weighted by atomic mass is 9.64. The topological polar surface area (TPSA) is 26.0 Å². The molecule has 0 amide bonds. The van der Waals surface area contributed by atoms with E-state index in [1.807, 2.05) is 0 Å². The van der Waals surface area contributed by atoms with Crippen LogP contribution in [0, 0.1) is 5.41 Å². The van der Waals surface area contributed by atoms with Crippen molar-refractivity contribution in [3.8, 4) is 0 Å². The molecule has 0 aromatic rings. The fourth-order valence-electron chi connectivity index (χ4n) is 3.26. The maximum absolute atomic E-state index is 6.04. The lowest BCUT2D eigenvalue weighted by Gasteiger charge is -2.42. The molecule has 0 radical (unpaired) electrons. The molecule has 2 saturated carbocycles. The number of hydrogen-bond acceptors (Lipinski definition) is 1. The Morgan fingerprint density at radius 3 is 2.25 bits per heavy atom. The van der Waals surface area contributed by atoms with E-state index in [1.165, 1.54) is 57.8 Å². The summed E-state index contributed by atoms with van der Waals surface area (Å²) in [5.41, 5.74) is 6.74. The quantitative estimate of drug-likeness (QED) is 0.590. The normalized spacial score (nSPS) is 35.2. The molecule has 1 unspecified atom stereocenters. The van der Waals surface area contributed by atoms with Gasteiger partial charge in [0.25, 0.3) is 0 Å². The van der Waals surface area contributed by atoms with Gasteiger partial charge in [-0.15, -0.1) is 0 Å². The van der Waals surface area contributed by atoms with Crippen LogP contribution < -0.4 is 5.73 Å². The fraction of sp³-hybridized carbons (Fsp3) is 1.00. The van der Waals surface area contributed by atoms with E-state index in [4.69, 9.17) is 5.73 Å². The lowest BCUT2D eigenvalue weighted by Crippen LogP contribution is -2.37. The van der Waals surface area contributed by atoms with E-state index in [0.29, 0.717) is 11.5 Å². The Morgan fingerprint density at radius 1 is 0.917 bits per heavy atom. The molecule has 0 aromatic carbocycles. The molecule has 0 aromatic heterocycles. The molecule has 1 spiro atoms. The van der Waals surface area contributed by atoms with Gasteiger partial charge in [0.15, 0.2) is 0 Å². The molecule has 2 aliphatic carbocycles. The summed E-state index contributed by atoms with van der Waals surface area (Å²) in [6, 6.07) is 0.525. The van der Waals surface area contributed by atoms with Crippen molar-refractivity contribution < 1.29 is 0 Å². The second-order valence-electron chi connectivity index (χ2n) is 4.92. The van der Waals surface area contributed by atoms with Crippen molar-refractivity contribution in [2.75, 3.05) is 0 Å². The van der Waals surface area contributed by atoms with E-state index < -0.39 is 0 Å². The zero-order valence-electron chi connectivity index (χ0n) is 8.02. The molecule has 2 fully saturated rings. The summed E-state index contributed by atoms with van der Waals surface area (Å²) in [6.07, 6.45) is 12.8. The molecule has 1 heteroatoms. The van der Waals surface area contributed by atoms with E-state index in [1.54, 1.807) is 0 Å². The van der Waals surface area contributed by atoms with E-state index in [9.17, 15) is 0 Å². The third-order valence-corrected chi connectivity index (χ3v) is 3.89. The van der Waals surface area contributed by atoms with Crippen LogP contribution in [-0.4, -0.2) is 6.04 Å². The minimum Gasteiger partial charge on any atom is -0.328 e. The summed E-state index contributed by atoms with van der Waals surface area (Å²) >= 11 is 0. The molecule has 0 aliphatic heterocycles. The van der Waals surface area contributed by atoms with Gasteiger partial charge < -0.3 is 5.73 Å². The van der Waals surface area contributed by atoms with Crippen LogP contribution in [0.5, 0.6) is 0 Å². The first kappa shape index (κ1) is 8.55. The summed E-state index contributed by atoms with van der Waals surface area (Å²) in [6.45, 7) is 0. The van der Waals surface area contributed by atoms with Crippen molar-refractivity contribution in [2.45, 2.75) is 63.8 Å². The van der Waals surface area contributed by atoms with Crippen LogP contribution in [0.2, 0.25) is 0 Å². The van der Waals surface area contributed by atoms with Crippen LogP contribution in [0.4, 0.5) is 0 Å². The number of rotatable bonds is 0. The van der Waals surface area contributed by atoms with Gasteiger partial charge in [-0.05, 0) is 37.5 Å². The molecule has 0 saturated heterocycles. The first-order valence-corrected chi connectivity index (χ1v) is 5.56. The Hall–Kier alpha value is -0.0400. The van der Waals surface area contributed by atoms with Gasteiger partial charge in [-0.25, -0.2) is 0 Å². The monoisotopic (exact) mass is 167 g/mol. The zero-order chi connectivity index (χ0) is 8.44. The molecule has 2 rings (SSSR count). The van der Waals surface area contributed by atoms with Crippen LogP contribution in [0.3, 0.4) is 0 Å². The summed E-state index contributed by atoms with van der Waals surface area (Å²) < 4.78 is 0. The van der Waals surface area contributed by atoms with Gasteiger partial charge in [0.2, 0.25) is 0 Å². The van der Waals surface area contributed by atoms with Crippen molar-refractivity contribution in [1.29, 1.82) is 0 Å². The lowest BCUT2D eigenvalue weighted by molar-refractivity contribution is 0.112. The van der Waals surface area contributed by atoms with Gasteiger partial charge in [0.1, 0.15) is 0 Å². The molecule has 12 heavy (non-hydrogen) atoms. The minimum absolute atomic E-state index is 0.525. The van der Waals surface area contributed by atoms with Gasteiger partial charge in [-0.3, -0.25) is 0 Å². The van der Waals surface area contributed by atoms with Crippen molar-refractivity contribution in [3.63, 3.8) is 0 Å². The molecular formula is C11H21N. The predicted molar refractivity (Wildman–Crippen MR) is 52.0 cm³/mol. The van der Waals surface area contributed by atoms with Crippen LogP contribution in [-0.2, 0) is 0 Å². The SMILES string of the molecule is NC1CCCC2(CCCCC2)C1. The first-order chi connectivity index (χ1) is 5.81. The van der Waals surface area contributed by atoms with Gasteiger partial charge in [0.05, 0.1) is 0 Å². The molecule has 2 aliphatic rings. The minimum atomic E-state index is 0.525. The Kier molecular flexibility index (Phi) is 2.40. The van der Waals surface area contributed by atoms with Crippen LogP contribution in [0.15, 0.2) is 0 Å². The Balaban J connectivity index is 1.97. The zero-order valence-corrected chi connectivity index (χ0v) is 8.02. The fourth-order valence-corrected chi connectivity index (χ4v) is 3.26. The molecule has 1 atom stereocenters. The molecule has 0 bridgehead atoms. The predicted octanol–water partition coefficient (Wildman–Crippen LogP) is 2.84.